The van der Waals surface area contributed by atoms with E-state index in [1.54, 1.807) is 0 Å². The lowest BCUT2D eigenvalue weighted by Gasteiger charge is -2.27. The molecule has 1 saturated heterocycles. The summed E-state index contributed by atoms with van der Waals surface area (Å²) in [5.41, 5.74) is 0. The van der Waals surface area contributed by atoms with Gasteiger partial charge < -0.3 is 10.2 Å². The molecule has 2 nitrogen and oxygen atoms in total. The quantitative estimate of drug-likeness (QED) is 0.763. The van der Waals surface area contributed by atoms with Crippen molar-refractivity contribution < 1.29 is 0 Å². The molecule has 1 saturated carbocycles. The Morgan fingerprint density at radius 2 is 1.80 bits per heavy atom. The van der Waals surface area contributed by atoms with E-state index in [-0.39, 0.29) is 0 Å². The molecule has 1 aliphatic heterocycles. The Hall–Kier alpha value is -0.0800. The first-order chi connectivity index (χ1) is 9.63. The minimum Gasteiger partial charge on any atom is -0.316 e. The van der Waals surface area contributed by atoms with Gasteiger partial charge in [-0.1, -0.05) is 46.5 Å². The van der Waals surface area contributed by atoms with E-state index in [9.17, 15) is 0 Å². The van der Waals surface area contributed by atoms with Crippen LogP contribution in [0.15, 0.2) is 0 Å². The fourth-order valence-electron chi connectivity index (χ4n) is 3.84. The number of hydrogen-bond donors (Lipinski definition) is 1. The molecule has 118 valence electrons. The third kappa shape index (κ3) is 5.73. The zero-order valence-corrected chi connectivity index (χ0v) is 14.0. The summed E-state index contributed by atoms with van der Waals surface area (Å²) in [6.07, 6.45) is 8.81. The van der Waals surface area contributed by atoms with Crippen molar-refractivity contribution in [2.45, 2.75) is 59.3 Å². The van der Waals surface area contributed by atoms with E-state index in [4.69, 9.17) is 0 Å². The van der Waals surface area contributed by atoms with Gasteiger partial charge in [-0.25, -0.2) is 0 Å². The molecule has 0 aromatic heterocycles. The van der Waals surface area contributed by atoms with E-state index >= 15 is 0 Å². The number of likely N-dealkylation sites (tertiary alicyclic amines) is 1. The average molecular weight is 280 g/mol. The van der Waals surface area contributed by atoms with Crippen LogP contribution in [0.3, 0.4) is 0 Å². The number of rotatable bonds is 7. The molecule has 1 aliphatic carbocycles. The maximum absolute atomic E-state index is 3.63. The second kappa shape index (κ2) is 8.38. The van der Waals surface area contributed by atoms with Gasteiger partial charge in [-0.05, 0) is 62.7 Å². The Kier molecular flexibility index (Phi) is 6.83. The van der Waals surface area contributed by atoms with Crippen LogP contribution >= 0.6 is 0 Å². The number of nitrogens with zero attached hydrogens (tertiary/aromatic N) is 1. The normalized spacial score (nSPS) is 32.1. The summed E-state index contributed by atoms with van der Waals surface area (Å²) in [4.78, 5) is 2.72. The monoisotopic (exact) mass is 280 g/mol. The summed E-state index contributed by atoms with van der Waals surface area (Å²) < 4.78 is 0. The highest BCUT2D eigenvalue weighted by Crippen LogP contribution is 2.30. The molecular formula is C18H36N2. The smallest absolute Gasteiger partial charge is 0.00223 e. The van der Waals surface area contributed by atoms with Crippen molar-refractivity contribution in [1.82, 2.24) is 10.2 Å². The Labute approximate surface area is 126 Å². The van der Waals surface area contributed by atoms with Crippen LogP contribution in [0, 0.1) is 23.7 Å². The van der Waals surface area contributed by atoms with Gasteiger partial charge in [0.25, 0.3) is 0 Å². The van der Waals surface area contributed by atoms with Crippen LogP contribution in [0.4, 0.5) is 0 Å². The maximum atomic E-state index is 3.63. The largest absolute Gasteiger partial charge is 0.316 e. The summed E-state index contributed by atoms with van der Waals surface area (Å²) in [6, 6.07) is 0. The van der Waals surface area contributed by atoms with E-state index in [1.165, 1.54) is 71.2 Å². The number of hydrogen-bond acceptors (Lipinski definition) is 2. The third-order valence-electron chi connectivity index (χ3n) is 5.34. The Bertz CT molecular complexity index is 256. The van der Waals surface area contributed by atoms with E-state index in [0.29, 0.717) is 0 Å². The van der Waals surface area contributed by atoms with Crippen molar-refractivity contribution in [2.75, 3.05) is 32.7 Å². The van der Waals surface area contributed by atoms with Gasteiger partial charge in [-0.3, -0.25) is 0 Å². The standard InChI is InChI=1S/C18H36N2/c1-15(2)12-19-13-18-9-11-20(14-18)10-8-17-6-4-16(3)5-7-17/h15-19H,4-14H2,1-3H3. The predicted octanol–water partition coefficient (Wildman–Crippen LogP) is 3.77. The molecule has 0 amide bonds. The van der Waals surface area contributed by atoms with E-state index in [2.05, 4.69) is 31.0 Å². The highest BCUT2D eigenvalue weighted by atomic mass is 15.1. The predicted molar refractivity (Wildman–Crippen MR) is 88.0 cm³/mol. The fraction of sp³-hybridized carbons (Fsp3) is 1.00. The summed E-state index contributed by atoms with van der Waals surface area (Å²) >= 11 is 0. The van der Waals surface area contributed by atoms with Crippen LogP contribution in [-0.4, -0.2) is 37.6 Å². The van der Waals surface area contributed by atoms with E-state index in [1.807, 2.05) is 0 Å². The molecule has 20 heavy (non-hydrogen) atoms. The molecule has 0 radical (unpaired) electrons. The molecule has 1 N–H and O–H groups in total. The zero-order valence-electron chi connectivity index (χ0n) is 14.0. The van der Waals surface area contributed by atoms with Crippen molar-refractivity contribution in [1.29, 1.82) is 0 Å². The van der Waals surface area contributed by atoms with Crippen LogP contribution in [0.2, 0.25) is 0 Å². The van der Waals surface area contributed by atoms with Gasteiger partial charge in [0.15, 0.2) is 0 Å². The van der Waals surface area contributed by atoms with Crippen molar-refractivity contribution in [2.24, 2.45) is 23.7 Å². The molecular weight excluding hydrogens is 244 g/mol. The maximum Gasteiger partial charge on any atom is 0.00223 e. The van der Waals surface area contributed by atoms with E-state index < -0.39 is 0 Å². The molecule has 1 atom stereocenters. The van der Waals surface area contributed by atoms with Gasteiger partial charge in [0.2, 0.25) is 0 Å². The third-order valence-corrected chi connectivity index (χ3v) is 5.34. The van der Waals surface area contributed by atoms with Gasteiger partial charge in [-0.15, -0.1) is 0 Å². The Morgan fingerprint density at radius 3 is 2.50 bits per heavy atom. The summed E-state index contributed by atoms with van der Waals surface area (Å²) in [5.74, 6) is 3.71. The Balaban J connectivity index is 1.54. The molecule has 0 spiro atoms. The highest BCUT2D eigenvalue weighted by molar-refractivity contribution is 4.79. The molecule has 0 bridgehead atoms. The van der Waals surface area contributed by atoms with Crippen molar-refractivity contribution in [3.63, 3.8) is 0 Å². The van der Waals surface area contributed by atoms with Gasteiger partial charge in [0, 0.05) is 6.54 Å². The van der Waals surface area contributed by atoms with Crippen LogP contribution < -0.4 is 5.32 Å². The van der Waals surface area contributed by atoms with Crippen molar-refractivity contribution in [3.8, 4) is 0 Å². The van der Waals surface area contributed by atoms with Crippen LogP contribution in [-0.2, 0) is 0 Å². The molecule has 2 fully saturated rings. The van der Waals surface area contributed by atoms with Crippen LogP contribution in [0.25, 0.3) is 0 Å². The van der Waals surface area contributed by atoms with Gasteiger partial charge in [0.1, 0.15) is 0 Å². The van der Waals surface area contributed by atoms with E-state index in [0.717, 1.165) is 23.7 Å². The lowest BCUT2D eigenvalue weighted by atomic mass is 9.81. The lowest BCUT2D eigenvalue weighted by Crippen LogP contribution is -2.29. The minimum atomic E-state index is 0.779. The number of nitrogens with one attached hydrogen (secondary N) is 1. The second-order valence-corrected chi connectivity index (χ2v) is 7.92. The lowest BCUT2D eigenvalue weighted by molar-refractivity contribution is 0.234. The molecule has 1 heterocycles. The zero-order chi connectivity index (χ0) is 14.4. The first kappa shape index (κ1) is 16.3. The Morgan fingerprint density at radius 1 is 1.05 bits per heavy atom. The van der Waals surface area contributed by atoms with Gasteiger partial charge >= 0.3 is 0 Å². The first-order valence-electron chi connectivity index (χ1n) is 9.06. The van der Waals surface area contributed by atoms with Crippen molar-refractivity contribution >= 4 is 0 Å². The van der Waals surface area contributed by atoms with Gasteiger partial charge in [0.05, 0.1) is 0 Å². The summed E-state index contributed by atoms with van der Waals surface area (Å²) in [6.45, 7) is 13.5. The van der Waals surface area contributed by atoms with Crippen LogP contribution in [0.5, 0.6) is 0 Å². The topological polar surface area (TPSA) is 15.3 Å². The highest BCUT2D eigenvalue weighted by Gasteiger charge is 2.24. The minimum absolute atomic E-state index is 0.779. The van der Waals surface area contributed by atoms with Gasteiger partial charge in [-0.2, -0.15) is 0 Å². The average Bonchev–Trinajstić information content (AvgIpc) is 2.86. The molecule has 2 aliphatic rings. The van der Waals surface area contributed by atoms with Crippen molar-refractivity contribution in [3.05, 3.63) is 0 Å². The summed E-state index contributed by atoms with van der Waals surface area (Å²) in [7, 11) is 0. The SMILES string of the molecule is CC(C)CNCC1CCN(CCC2CCC(C)CC2)C1. The molecule has 2 rings (SSSR count). The van der Waals surface area contributed by atoms with Crippen LogP contribution in [0.1, 0.15) is 59.3 Å². The molecule has 2 heteroatoms. The second-order valence-electron chi connectivity index (χ2n) is 7.92. The molecule has 0 aromatic rings. The first-order valence-corrected chi connectivity index (χ1v) is 9.06. The summed E-state index contributed by atoms with van der Waals surface area (Å²) in [5, 5.41) is 3.63. The molecule has 0 aromatic carbocycles. The fourth-order valence-corrected chi connectivity index (χ4v) is 3.84. The molecule has 1 unspecified atom stereocenters.